The number of rotatable bonds is 2. The molecule has 0 atom stereocenters. The van der Waals surface area contributed by atoms with Gasteiger partial charge in [-0.05, 0) is 27.7 Å². The molecular weight excluding hydrogens is 182 g/mol. The average Bonchev–Trinajstić information content (AvgIpc) is 1.77. The van der Waals surface area contributed by atoms with Crippen LogP contribution >= 0.6 is 0 Å². The SMILES string of the molecule is CC(=O)N/C(C)=C/C(=O)OC(C)(C)C. The summed E-state index contributed by atoms with van der Waals surface area (Å²) in [6.07, 6.45) is 1.26. The number of ether oxygens (including phenoxy) is 1. The van der Waals surface area contributed by atoms with Gasteiger partial charge in [-0.15, -0.1) is 0 Å². The molecule has 0 radical (unpaired) electrons. The maximum Gasteiger partial charge on any atom is 0.333 e. The van der Waals surface area contributed by atoms with E-state index in [2.05, 4.69) is 5.32 Å². The van der Waals surface area contributed by atoms with Crippen molar-refractivity contribution in [3.05, 3.63) is 11.8 Å². The third-order valence-corrected chi connectivity index (χ3v) is 1.11. The molecule has 0 fully saturated rings. The molecule has 0 aromatic rings. The van der Waals surface area contributed by atoms with Gasteiger partial charge >= 0.3 is 5.97 Å². The number of hydrogen-bond donors (Lipinski definition) is 1. The Morgan fingerprint density at radius 3 is 2.07 bits per heavy atom. The lowest BCUT2D eigenvalue weighted by Crippen LogP contribution is -2.24. The van der Waals surface area contributed by atoms with Crippen molar-refractivity contribution >= 4 is 11.9 Å². The monoisotopic (exact) mass is 199 g/mol. The fourth-order valence-electron chi connectivity index (χ4n) is 0.822. The first-order valence-electron chi connectivity index (χ1n) is 4.39. The van der Waals surface area contributed by atoms with Gasteiger partial charge < -0.3 is 10.1 Å². The summed E-state index contributed by atoms with van der Waals surface area (Å²) in [7, 11) is 0. The number of esters is 1. The third-order valence-electron chi connectivity index (χ3n) is 1.11. The number of carbonyl (C=O) groups excluding carboxylic acids is 2. The average molecular weight is 199 g/mol. The molecule has 4 heteroatoms. The van der Waals surface area contributed by atoms with Crippen molar-refractivity contribution in [2.75, 3.05) is 0 Å². The molecule has 0 aromatic carbocycles. The summed E-state index contributed by atoms with van der Waals surface area (Å²) in [6, 6.07) is 0. The van der Waals surface area contributed by atoms with Gasteiger partial charge in [0.1, 0.15) is 5.60 Å². The lowest BCUT2D eigenvalue weighted by atomic mass is 10.2. The predicted octanol–water partition coefficient (Wildman–Crippen LogP) is 1.37. The summed E-state index contributed by atoms with van der Waals surface area (Å²) in [4.78, 5) is 21.8. The molecule has 0 aliphatic rings. The van der Waals surface area contributed by atoms with E-state index in [4.69, 9.17) is 4.74 Å². The van der Waals surface area contributed by atoms with Gasteiger partial charge in [-0.2, -0.15) is 0 Å². The molecule has 14 heavy (non-hydrogen) atoms. The molecule has 80 valence electrons. The molecular formula is C10H17NO3. The molecule has 0 aliphatic carbocycles. The van der Waals surface area contributed by atoms with E-state index in [0.29, 0.717) is 5.70 Å². The Labute approximate surface area is 84.3 Å². The Kier molecular flexibility index (Phi) is 4.34. The lowest BCUT2D eigenvalue weighted by molar-refractivity contribution is -0.148. The zero-order valence-electron chi connectivity index (χ0n) is 9.30. The van der Waals surface area contributed by atoms with Crippen molar-refractivity contribution in [3.63, 3.8) is 0 Å². The second-order valence-electron chi connectivity index (χ2n) is 4.04. The van der Waals surface area contributed by atoms with Crippen LogP contribution in [0.25, 0.3) is 0 Å². The second kappa shape index (κ2) is 4.79. The van der Waals surface area contributed by atoms with E-state index in [-0.39, 0.29) is 5.91 Å². The molecule has 0 aromatic heterocycles. The van der Waals surface area contributed by atoms with Gasteiger partial charge in [0.15, 0.2) is 0 Å². The van der Waals surface area contributed by atoms with Gasteiger partial charge in [0.2, 0.25) is 5.91 Å². The highest BCUT2D eigenvalue weighted by atomic mass is 16.6. The molecule has 0 saturated carbocycles. The van der Waals surface area contributed by atoms with Crippen LogP contribution in [-0.2, 0) is 14.3 Å². The highest BCUT2D eigenvalue weighted by Crippen LogP contribution is 2.07. The molecule has 0 unspecified atom stereocenters. The minimum absolute atomic E-state index is 0.206. The van der Waals surface area contributed by atoms with Gasteiger partial charge in [0.25, 0.3) is 0 Å². The topological polar surface area (TPSA) is 55.4 Å². The summed E-state index contributed by atoms with van der Waals surface area (Å²) in [5, 5.41) is 2.48. The molecule has 0 spiro atoms. The summed E-state index contributed by atoms with van der Waals surface area (Å²) in [5.41, 5.74) is -0.0314. The largest absolute Gasteiger partial charge is 0.457 e. The van der Waals surface area contributed by atoms with E-state index in [1.165, 1.54) is 13.0 Å². The van der Waals surface area contributed by atoms with Crippen LogP contribution in [0.3, 0.4) is 0 Å². The van der Waals surface area contributed by atoms with E-state index in [9.17, 15) is 9.59 Å². The van der Waals surface area contributed by atoms with Crippen LogP contribution in [0.2, 0.25) is 0 Å². The number of carbonyl (C=O) groups is 2. The summed E-state index contributed by atoms with van der Waals surface area (Å²) < 4.78 is 5.02. The van der Waals surface area contributed by atoms with Crippen LogP contribution in [0, 0.1) is 0 Å². The normalized spacial score (nSPS) is 12.2. The fourth-order valence-corrected chi connectivity index (χ4v) is 0.822. The van der Waals surface area contributed by atoms with Crippen LogP contribution < -0.4 is 5.32 Å². The Morgan fingerprint density at radius 1 is 1.21 bits per heavy atom. The zero-order valence-corrected chi connectivity index (χ0v) is 9.30. The van der Waals surface area contributed by atoms with E-state index >= 15 is 0 Å². The number of amides is 1. The smallest absolute Gasteiger partial charge is 0.333 e. The van der Waals surface area contributed by atoms with Gasteiger partial charge in [-0.3, -0.25) is 4.79 Å². The first-order valence-corrected chi connectivity index (χ1v) is 4.39. The number of allylic oxidation sites excluding steroid dienone is 1. The summed E-state index contributed by atoms with van der Waals surface area (Å²) in [5.74, 6) is -0.661. The molecule has 0 rings (SSSR count). The quantitative estimate of drug-likeness (QED) is 0.539. The number of nitrogens with one attached hydrogen (secondary N) is 1. The van der Waals surface area contributed by atoms with Crippen LogP contribution in [0.1, 0.15) is 34.6 Å². The zero-order chi connectivity index (χ0) is 11.4. The fraction of sp³-hybridized carbons (Fsp3) is 0.600. The predicted molar refractivity (Wildman–Crippen MR) is 53.4 cm³/mol. The van der Waals surface area contributed by atoms with E-state index < -0.39 is 11.6 Å². The molecule has 0 heterocycles. The van der Waals surface area contributed by atoms with Crippen molar-refractivity contribution in [1.82, 2.24) is 5.32 Å². The number of hydrogen-bond acceptors (Lipinski definition) is 3. The van der Waals surface area contributed by atoms with E-state index in [1.54, 1.807) is 27.7 Å². The van der Waals surface area contributed by atoms with Crippen molar-refractivity contribution in [2.45, 2.75) is 40.2 Å². The maximum atomic E-state index is 11.2. The molecule has 1 amide bonds. The standard InChI is InChI=1S/C10H17NO3/c1-7(11-8(2)12)6-9(13)14-10(3,4)5/h6H,1-5H3,(H,11,12)/b7-6+. The highest BCUT2D eigenvalue weighted by Gasteiger charge is 2.14. The van der Waals surface area contributed by atoms with Crippen LogP contribution in [0.5, 0.6) is 0 Å². The van der Waals surface area contributed by atoms with Crippen molar-refractivity contribution < 1.29 is 14.3 Å². The summed E-state index contributed by atoms with van der Waals surface area (Å²) in [6.45, 7) is 8.36. The molecule has 0 aliphatic heterocycles. The Balaban J connectivity index is 4.23. The highest BCUT2D eigenvalue weighted by molar-refractivity contribution is 5.84. The van der Waals surface area contributed by atoms with Crippen molar-refractivity contribution in [3.8, 4) is 0 Å². The Hall–Kier alpha value is -1.32. The van der Waals surface area contributed by atoms with Gasteiger partial charge in [-0.25, -0.2) is 4.79 Å². The van der Waals surface area contributed by atoms with Crippen molar-refractivity contribution in [2.24, 2.45) is 0 Å². The first-order chi connectivity index (χ1) is 6.20. The van der Waals surface area contributed by atoms with Crippen LogP contribution in [0.15, 0.2) is 11.8 Å². The van der Waals surface area contributed by atoms with Gasteiger partial charge in [0.05, 0.1) is 0 Å². The Bertz CT molecular complexity index is 261. The van der Waals surface area contributed by atoms with E-state index in [0.717, 1.165) is 0 Å². The molecule has 0 bridgehead atoms. The van der Waals surface area contributed by atoms with Gasteiger partial charge in [0, 0.05) is 18.7 Å². The second-order valence-corrected chi connectivity index (χ2v) is 4.04. The first kappa shape index (κ1) is 12.7. The molecule has 0 saturated heterocycles. The van der Waals surface area contributed by atoms with Crippen LogP contribution in [0.4, 0.5) is 0 Å². The summed E-state index contributed by atoms with van der Waals surface area (Å²) >= 11 is 0. The Morgan fingerprint density at radius 2 is 1.71 bits per heavy atom. The van der Waals surface area contributed by atoms with E-state index in [1.807, 2.05) is 0 Å². The maximum absolute atomic E-state index is 11.2. The molecule has 1 N–H and O–H groups in total. The van der Waals surface area contributed by atoms with Crippen LogP contribution in [-0.4, -0.2) is 17.5 Å². The van der Waals surface area contributed by atoms with Crippen molar-refractivity contribution in [1.29, 1.82) is 0 Å². The lowest BCUT2D eigenvalue weighted by Gasteiger charge is -2.18. The van der Waals surface area contributed by atoms with Gasteiger partial charge in [-0.1, -0.05) is 0 Å². The molecule has 4 nitrogen and oxygen atoms in total. The minimum atomic E-state index is -0.510. The third kappa shape index (κ3) is 7.34. The minimum Gasteiger partial charge on any atom is -0.457 e.